The first-order valence-corrected chi connectivity index (χ1v) is 8.38. The Kier molecular flexibility index (Phi) is 4.55. The van der Waals surface area contributed by atoms with Crippen LogP contribution >= 0.6 is 0 Å². The molecule has 1 aromatic carbocycles. The third-order valence-electron chi connectivity index (χ3n) is 4.99. The van der Waals surface area contributed by atoms with Crippen molar-refractivity contribution in [2.45, 2.75) is 51.4 Å². The first-order chi connectivity index (χ1) is 11.1. The van der Waals surface area contributed by atoms with Gasteiger partial charge in [-0.1, -0.05) is 25.7 Å². The zero-order valence-electron chi connectivity index (χ0n) is 13.3. The van der Waals surface area contributed by atoms with Gasteiger partial charge in [0.1, 0.15) is 5.75 Å². The van der Waals surface area contributed by atoms with Gasteiger partial charge in [-0.3, -0.25) is 9.59 Å². The maximum atomic E-state index is 12.4. The van der Waals surface area contributed by atoms with Crippen LogP contribution in [0.15, 0.2) is 18.2 Å². The van der Waals surface area contributed by atoms with Crippen LogP contribution in [0.1, 0.15) is 50.5 Å². The van der Waals surface area contributed by atoms with Gasteiger partial charge < -0.3 is 15.2 Å². The molecule has 0 bridgehead atoms. The summed E-state index contributed by atoms with van der Waals surface area (Å²) in [6.45, 7) is 0.675. The number of amides is 1. The highest BCUT2D eigenvalue weighted by atomic mass is 16.5. The Morgan fingerprint density at radius 1 is 1.17 bits per heavy atom. The van der Waals surface area contributed by atoms with E-state index in [-0.39, 0.29) is 12.3 Å². The second kappa shape index (κ2) is 6.60. The maximum absolute atomic E-state index is 12.4. The van der Waals surface area contributed by atoms with E-state index in [1.54, 1.807) is 0 Å². The average molecular weight is 317 g/mol. The van der Waals surface area contributed by atoms with Crippen molar-refractivity contribution in [2.24, 2.45) is 5.41 Å². The van der Waals surface area contributed by atoms with E-state index < -0.39 is 11.4 Å². The molecule has 0 radical (unpaired) electrons. The Bertz CT molecular complexity index is 603. The smallest absolute Gasteiger partial charge is 0.310 e. The lowest BCUT2D eigenvalue weighted by molar-refractivity contribution is -0.152. The molecule has 0 spiro atoms. The molecule has 5 heteroatoms. The maximum Gasteiger partial charge on any atom is 0.310 e. The molecule has 1 saturated carbocycles. The van der Waals surface area contributed by atoms with Gasteiger partial charge >= 0.3 is 5.97 Å². The van der Waals surface area contributed by atoms with Crippen LogP contribution in [0.4, 0.5) is 5.69 Å². The molecule has 0 unspecified atom stereocenters. The second-order valence-electron chi connectivity index (χ2n) is 6.65. The number of carbonyl (C=O) groups is 2. The lowest BCUT2D eigenvalue weighted by Crippen LogP contribution is -2.35. The summed E-state index contributed by atoms with van der Waals surface area (Å²) in [5.74, 6) is -0.182. The first-order valence-electron chi connectivity index (χ1n) is 8.38. The van der Waals surface area contributed by atoms with Crippen LogP contribution in [-0.2, 0) is 16.0 Å². The quantitative estimate of drug-likeness (QED) is 0.835. The average Bonchev–Trinajstić information content (AvgIpc) is 2.84. The molecule has 1 fully saturated rings. The zero-order valence-corrected chi connectivity index (χ0v) is 13.3. The number of ether oxygens (including phenoxy) is 1. The SMILES string of the molecule is O=C(CC1(C(=O)O)CCCCCC1)Nc1ccc2c(c1)CCO2. The molecule has 1 amide bonds. The molecular weight excluding hydrogens is 294 g/mol. The first kappa shape index (κ1) is 15.8. The highest BCUT2D eigenvalue weighted by Crippen LogP contribution is 2.39. The van der Waals surface area contributed by atoms with E-state index in [0.29, 0.717) is 25.1 Å². The predicted molar refractivity (Wildman–Crippen MR) is 86.7 cm³/mol. The van der Waals surface area contributed by atoms with E-state index in [9.17, 15) is 14.7 Å². The van der Waals surface area contributed by atoms with Crippen LogP contribution in [-0.4, -0.2) is 23.6 Å². The Balaban J connectivity index is 1.68. The molecule has 23 heavy (non-hydrogen) atoms. The van der Waals surface area contributed by atoms with Crippen molar-refractivity contribution in [1.82, 2.24) is 0 Å². The van der Waals surface area contributed by atoms with E-state index in [4.69, 9.17) is 4.74 Å². The fourth-order valence-corrected chi connectivity index (χ4v) is 3.65. The summed E-state index contributed by atoms with van der Waals surface area (Å²) in [7, 11) is 0. The highest BCUT2D eigenvalue weighted by molar-refractivity contribution is 5.94. The van der Waals surface area contributed by atoms with E-state index in [1.807, 2.05) is 18.2 Å². The normalized spacial score (nSPS) is 19.3. The molecule has 1 aliphatic carbocycles. The van der Waals surface area contributed by atoms with Gasteiger partial charge in [0.2, 0.25) is 5.91 Å². The number of fused-ring (bicyclic) bond motifs is 1. The van der Waals surface area contributed by atoms with Crippen molar-refractivity contribution in [2.75, 3.05) is 11.9 Å². The molecule has 5 nitrogen and oxygen atoms in total. The van der Waals surface area contributed by atoms with Crippen LogP contribution in [0.2, 0.25) is 0 Å². The summed E-state index contributed by atoms with van der Waals surface area (Å²) >= 11 is 0. The number of rotatable bonds is 4. The molecule has 0 atom stereocenters. The molecular formula is C18H23NO4. The minimum Gasteiger partial charge on any atom is -0.493 e. The van der Waals surface area contributed by atoms with Gasteiger partial charge in [0.25, 0.3) is 0 Å². The van der Waals surface area contributed by atoms with E-state index >= 15 is 0 Å². The van der Waals surface area contributed by atoms with E-state index in [2.05, 4.69) is 5.32 Å². The Morgan fingerprint density at radius 2 is 1.91 bits per heavy atom. The van der Waals surface area contributed by atoms with Crippen molar-refractivity contribution >= 4 is 17.6 Å². The third-order valence-corrected chi connectivity index (χ3v) is 4.99. The van der Waals surface area contributed by atoms with E-state index in [0.717, 1.165) is 43.4 Å². The van der Waals surface area contributed by atoms with Crippen molar-refractivity contribution in [3.63, 3.8) is 0 Å². The molecule has 0 aromatic heterocycles. The summed E-state index contributed by atoms with van der Waals surface area (Å²) in [5, 5.41) is 12.5. The van der Waals surface area contributed by atoms with Crippen LogP contribution in [0.3, 0.4) is 0 Å². The molecule has 2 aliphatic rings. The summed E-state index contributed by atoms with van der Waals surface area (Å²) < 4.78 is 5.45. The minimum absolute atomic E-state index is 0.0515. The molecule has 3 rings (SSSR count). The Hall–Kier alpha value is -2.04. The largest absolute Gasteiger partial charge is 0.493 e. The van der Waals surface area contributed by atoms with Gasteiger partial charge in [0, 0.05) is 18.5 Å². The van der Waals surface area contributed by atoms with Crippen molar-refractivity contribution in [3.8, 4) is 5.75 Å². The van der Waals surface area contributed by atoms with Crippen LogP contribution in [0.5, 0.6) is 5.75 Å². The van der Waals surface area contributed by atoms with Crippen molar-refractivity contribution in [1.29, 1.82) is 0 Å². The molecule has 1 aromatic rings. The molecule has 1 heterocycles. The van der Waals surface area contributed by atoms with Crippen molar-refractivity contribution < 1.29 is 19.4 Å². The number of hydrogen-bond donors (Lipinski definition) is 2. The standard InChI is InChI=1S/C18H23NO4/c20-16(12-18(17(21)22)8-3-1-2-4-9-18)19-14-5-6-15-13(11-14)7-10-23-15/h5-6,11H,1-4,7-10,12H2,(H,19,20)(H,21,22). The number of benzene rings is 1. The highest BCUT2D eigenvalue weighted by Gasteiger charge is 2.40. The van der Waals surface area contributed by atoms with Crippen LogP contribution < -0.4 is 10.1 Å². The molecule has 0 saturated heterocycles. The van der Waals surface area contributed by atoms with Gasteiger partial charge in [-0.15, -0.1) is 0 Å². The van der Waals surface area contributed by atoms with Gasteiger partial charge in [-0.05, 0) is 36.6 Å². The predicted octanol–water partition coefficient (Wildman–Crippen LogP) is 3.38. The van der Waals surface area contributed by atoms with Gasteiger partial charge in [-0.2, -0.15) is 0 Å². The summed E-state index contributed by atoms with van der Waals surface area (Å²) in [4.78, 5) is 24.2. The fourth-order valence-electron chi connectivity index (χ4n) is 3.65. The zero-order chi connectivity index (χ0) is 16.3. The number of carbonyl (C=O) groups excluding carboxylic acids is 1. The third kappa shape index (κ3) is 3.49. The minimum atomic E-state index is -0.902. The van der Waals surface area contributed by atoms with Gasteiger partial charge in [-0.25, -0.2) is 0 Å². The molecule has 1 aliphatic heterocycles. The summed E-state index contributed by atoms with van der Waals surface area (Å²) in [6, 6.07) is 5.58. The van der Waals surface area contributed by atoms with Gasteiger partial charge in [0.05, 0.1) is 12.0 Å². The monoisotopic (exact) mass is 317 g/mol. The number of aliphatic carboxylic acids is 1. The molecule has 2 N–H and O–H groups in total. The molecule has 124 valence electrons. The van der Waals surface area contributed by atoms with Crippen molar-refractivity contribution in [3.05, 3.63) is 23.8 Å². The lowest BCUT2D eigenvalue weighted by Gasteiger charge is -2.27. The summed E-state index contributed by atoms with van der Waals surface area (Å²) in [5.41, 5.74) is 0.902. The number of hydrogen-bond acceptors (Lipinski definition) is 3. The number of nitrogens with one attached hydrogen (secondary N) is 1. The Labute approximate surface area is 136 Å². The number of carboxylic acids is 1. The second-order valence-corrected chi connectivity index (χ2v) is 6.65. The Morgan fingerprint density at radius 3 is 2.61 bits per heavy atom. The lowest BCUT2D eigenvalue weighted by atomic mass is 9.77. The number of carboxylic acid groups (broad SMARTS) is 1. The number of anilines is 1. The topological polar surface area (TPSA) is 75.6 Å². The van der Waals surface area contributed by atoms with Crippen LogP contribution in [0, 0.1) is 5.41 Å². The summed E-state index contributed by atoms with van der Waals surface area (Å²) in [6.07, 6.45) is 5.96. The van der Waals surface area contributed by atoms with Crippen LogP contribution in [0.25, 0.3) is 0 Å². The fraction of sp³-hybridized carbons (Fsp3) is 0.556. The van der Waals surface area contributed by atoms with E-state index in [1.165, 1.54) is 0 Å². The van der Waals surface area contributed by atoms with Gasteiger partial charge in [0.15, 0.2) is 0 Å².